The summed E-state index contributed by atoms with van der Waals surface area (Å²) in [5.74, 6) is 0. The molecular formula is C15H21BrN2. The van der Waals surface area contributed by atoms with Crippen molar-refractivity contribution in [3.05, 3.63) is 39.9 Å². The lowest BCUT2D eigenvalue weighted by atomic mass is 10.0. The Morgan fingerprint density at radius 3 is 2.33 bits per heavy atom. The van der Waals surface area contributed by atoms with Gasteiger partial charge in [-0.05, 0) is 63.0 Å². The van der Waals surface area contributed by atoms with Crippen LogP contribution in [0.15, 0.2) is 27.9 Å². The maximum atomic E-state index is 4.65. The second-order valence-corrected chi connectivity index (χ2v) is 4.73. The minimum Gasteiger partial charge on any atom is -0.359 e. The van der Waals surface area contributed by atoms with Gasteiger partial charge in [-0.3, -0.25) is 4.99 Å². The van der Waals surface area contributed by atoms with Crippen molar-refractivity contribution >= 4 is 28.8 Å². The van der Waals surface area contributed by atoms with E-state index < -0.39 is 0 Å². The van der Waals surface area contributed by atoms with E-state index in [9.17, 15) is 0 Å². The van der Waals surface area contributed by atoms with Crippen molar-refractivity contribution in [1.82, 2.24) is 4.98 Å². The third kappa shape index (κ3) is 2.66. The first-order valence-electron chi connectivity index (χ1n) is 6.16. The van der Waals surface area contributed by atoms with Crippen LogP contribution in [0.1, 0.15) is 44.1 Å². The molecule has 2 rings (SSSR count). The molecule has 0 unspecified atom stereocenters. The molecule has 1 aliphatic rings. The van der Waals surface area contributed by atoms with E-state index in [1.165, 1.54) is 28.1 Å². The van der Waals surface area contributed by atoms with Gasteiger partial charge in [0, 0.05) is 17.1 Å². The Bertz CT molecular complexity index is 545. The number of aromatic nitrogens is 1. The molecule has 1 N–H and O–H groups in total. The lowest BCUT2D eigenvalue weighted by Gasteiger charge is -2.00. The van der Waals surface area contributed by atoms with Gasteiger partial charge in [-0.2, -0.15) is 0 Å². The average Bonchev–Trinajstić information content (AvgIpc) is 2.69. The zero-order valence-corrected chi connectivity index (χ0v) is 13.4. The highest BCUT2D eigenvalue weighted by Crippen LogP contribution is 2.29. The van der Waals surface area contributed by atoms with Gasteiger partial charge in [-0.1, -0.05) is 6.92 Å². The molecule has 2 heterocycles. The highest BCUT2D eigenvalue weighted by Gasteiger charge is 2.16. The molecule has 0 atom stereocenters. The minimum absolute atomic E-state index is 0. The van der Waals surface area contributed by atoms with E-state index >= 15 is 0 Å². The molecule has 0 fully saturated rings. The Morgan fingerprint density at radius 2 is 1.89 bits per heavy atom. The zero-order chi connectivity index (χ0) is 12.6. The van der Waals surface area contributed by atoms with Gasteiger partial charge in [0.1, 0.15) is 0 Å². The summed E-state index contributed by atoms with van der Waals surface area (Å²) in [4.78, 5) is 8.02. The number of rotatable bonds is 2. The van der Waals surface area contributed by atoms with Crippen molar-refractivity contribution < 1.29 is 0 Å². The fraction of sp³-hybridized carbons (Fsp3) is 0.400. The topological polar surface area (TPSA) is 28.1 Å². The van der Waals surface area contributed by atoms with Gasteiger partial charge in [0.25, 0.3) is 0 Å². The minimum atomic E-state index is 0. The molecular weight excluding hydrogens is 288 g/mol. The summed E-state index contributed by atoms with van der Waals surface area (Å²) >= 11 is 0. The third-order valence-electron chi connectivity index (χ3n) is 3.39. The van der Waals surface area contributed by atoms with E-state index in [1.54, 1.807) is 0 Å². The average molecular weight is 309 g/mol. The summed E-state index contributed by atoms with van der Waals surface area (Å²) in [7, 11) is 0. The molecule has 0 bridgehead atoms. The van der Waals surface area contributed by atoms with Gasteiger partial charge in [0.2, 0.25) is 0 Å². The molecule has 1 aromatic heterocycles. The van der Waals surface area contributed by atoms with Gasteiger partial charge in [-0.15, -0.1) is 17.0 Å². The maximum Gasteiger partial charge on any atom is 0.0686 e. The quantitative estimate of drug-likeness (QED) is 0.816. The second-order valence-electron chi connectivity index (χ2n) is 4.73. The molecule has 1 aromatic rings. The van der Waals surface area contributed by atoms with Crippen LogP contribution in [0.4, 0.5) is 0 Å². The van der Waals surface area contributed by atoms with E-state index in [0.29, 0.717) is 0 Å². The number of allylic oxidation sites excluding steroid dienone is 2. The molecule has 0 aliphatic carbocycles. The maximum absolute atomic E-state index is 4.65. The standard InChI is InChI=1S/C15H20N2.BrH/c1-6-13-11(4)15(17-12(13)5)8-14-9(2)7-10(3)16-14;/h7-8,16H,6H2,1-5H3;1H/b15-8-;. The van der Waals surface area contributed by atoms with Crippen LogP contribution in [0.2, 0.25) is 0 Å². The van der Waals surface area contributed by atoms with Crippen LogP contribution < -0.4 is 0 Å². The number of hydrogen-bond acceptors (Lipinski definition) is 1. The molecule has 2 nitrogen and oxygen atoms in total. The molecule has 3 heteroatoms. The molecule has 0 saturated carbocycles. The van der Waals surface area contributed by atoms with E-state index in [-0.39, 0.29) is 17.0 Å². The molecule has 98 valence electrons. The Balaban J connectivity index is 0.00000162. The first-order valence-corrected chi connectivity index (χ1v) is 6.16. The number of aryl methyl sites for hydroxylation is 2. The highest BCUT2D eigenvalue weighted by molar-refractivity contribution is 8.93. The Morgan fingerprint density at radius 1 is 1.22 bits per heavy atom. The summed E-state index contributed by atoms with van der Waals surface area (Å²) in [6, 6.07) is 2.16. The number of nitrogens with one attached hydrogen (secondary N) is 1. The summed E-state index contributed by atoms with van der Waals surface area (Å²) in [6.45, 7) is 10.6. The van der Waals surface area contributed by atoms with Crippen molar-refractivity contribution in [3.8, 4) is 0 Å². The Hall–Kier alpha value is -1.09. The van der Waals surface area contributed by atoms with E-state index in [0.717, 1.165) is 17.8 Å². The van der Waals surface area contributed by atoms with Crippen LogP contribution in [-0.2, 0) is 0 Å². The smallest absolute Gasteiger partial charge is 0.0686 e. The van der Waals surface area contributed by atoms with Gasteiger partial charge in [0.05, 0.1) is 5.70 Å². The van der Waals surface area contributed by atoms with Crippen LogP contribution in [-0.4, -0.2) is 10.7 Å². The summed E-state index contributed by atoms with van der Waals surface area (Å²) in [6.07, 6.45) is 3.21. The molecule has 0 aromatic carbocycles. The largest absolute Gasteiger partial charge is 0.359 e. The summed E-state index contributed by atoms with van der Waals surface area (Å²) in [5.41, 5.74) is 8.62. The molecule has 1 aliphatic heterocycles. The summed E-state index contributed by atoms with van der Waals surface area (Å²) in [5, 5.41) is 0. The monoisotopic (exact) mass is 308 g/mol. The van der Waals surface area contributed by atoms with Crippen LogP contribution in [0, 0.1) is 13.8 Å². The number of H-pyrrole nitrogens is 1. The predicted octanol–water partition coefficient (Wildman–Crippen LogP) is 4.75. The molecule has 0 saturated heterocycles. The number of hydrogen-bond donors (Lipinski definition) is 1. The number of nitrogens with zero attached hydrogens (tertiary/aromatic N) is 1. The zero-order valence-electron chi connectivity index (χ0n) is 11.7. The van der Waals surface area contributed by atoms with E-state index in [1.807, 2.05) is 0 Å². The first-order chi connectivity index (χ1) is 8.02. The molecule has 0 spiro atoms. The van der Waals surface area contributed by atoms with E-state index in [2.05, 4.69) is 56.7 Å². The van der Waals surface area contributed by atoms with Gasteiger partial charge in [-0.25, -0.2) is 0 Å². The summed E-state index contributed by atoms with van der Waals surface area (Å²) < 4.78 is 0. The van der Waals surface area contributed by atoms with Gasteiger partial charge >= 0.3 is 0 Å². The number of aliphatic imine (C=N–C) groups is 1. The van der Waals surface area contributed by atoms with Crippen LogP contribution >= 0.6 is 17.0 Å². The normalized spacial score (nSPS) is 17.2. The third-order valence-corrected chi connectivity index (χ3v) is 3.39. The highest BCUT2D eigenvalue weighted by atomic mass is 79.9. The second kappa shape index (κ2) is 5.70. The number of aromatic amines is 1. The fourth-order valence-electron chi connectivity index (χ4n) is 2.46. The van der Waals surface area contributed by atoms with Gasteiger partial charge < -0.3 is 4.98 Å². The Kier molecular flexibility index (Phi) is 4.74. The molecule has 0 amide bonds. The van der Waals surface area contributed by atoms with Crippen molar-refractivity contribution in [2.45, 2.75) is 41.0 Å². The number of halogens is 1. The van der Waals surface area contributed by atoms with Crippen LogP contribution in [0.5, 0.6) is 0 Å². The fourth-order valence-corrected chi connectivity index (χ4v) is 2.46. The van der Waals surface area contributed by atoms with Crippen molar-refractivity contribution in [2.75, 3.05) is 0 Å². The van der Waals surface area contributed by atoms with Crippen LogP contribution in [0.3, 0.4) is 0 Å². The van der Waals surface area contributed by atoms with Crippen molar-refractivity contribution in [2.24, 2.45) is 4.99 Å². The van der Waals surface area contributed by atoms with Crippen molar-refractivity contribution in [3.63, 3.8) is 0 Å². The van der Waals surface area contributed by atoms with Gasteiger partial charge in [0.15, 0.2) is 0 Å². The Labute approximate surface area is 120 Å². The van der Waals surface area contributed by atoms with Crippen molar-refractivity contribution in [1.29, 1.82) is 0 Å². The lowest BCUT2D eigenvalue weighted by molar-refractivity contribution is 1.15. The SMILES string of the molecule is Br.CCC1=C(C)/C(=C/c2[nH]c(C)cc2C)N=C1C. The molecule has 18 heavy (non-hydrogen) atoms. The van der Waals surface area contributed by atoms with Crippen LogP contribution in [0.25, 0.3) is 6.08 Å². The van der Waals surface area contributed by atoms with E-state index in [4.69, 9.17) is 0 Å². The lowest BCUT2D eigenvalue weighted by Crippen LogP contribution is -1.91. The predicted molar refractivity (Wildman–Crippen MR) is 84.7 cm³/mol. The first kappa shape index (κ1) is 15.0. The molecule has 0 radical (unpaired) electrons.